The van der Waals surface area contributed by atoms with E-state index >= 15 is 0 Å². The van der Waals surface area contributed by atoms with Crippen LogP contribution in [-0.2, 0) is 17.8 Å². The second-order valence-electron chi connectivity index (χ2n) is 7.06. The fourth-order valence-electron chi connectivity index (χ4n) is 3.32. The molecule has 1 saturated heterocycles. The lowest BCUT2D eigenvalue weighted by molar-refractivity contribution is -0.119. The molecule has 2 amide bonds. The number of oxazole rings is 1. The van der Waals surface area contributed by atoms with Gasteiger partial charge in [0, 0.05) is 5.56 Å². The Morgan fingerprint density at radius 1 is 1.10 bits per heavy atom. The zero-order valence-corrected chi connectivity index (χ0v) is 17.4. The van der Waals surface area contributed by atoms with Gasteiger partial charge in [-0.1, -0.05) is 48.2 Å². The predicted molar refractivity (Wildman–Crippen MR) is 115 cm³/mol. The van der Waals surface area contributed by atoms with Gasteiger partial charge in [0.2, 0.25) is 11.8 Å². The van der Waals surface area contributed by atoms with E-state index in [1.807, 2.05) is 61.5 Å². The maximum absolute atomic E-state index is 11.7. The number of benzene rings is 2. The third kappa shape index (κ3) is 4.74. The van der Waals surface area contributed by atoms with Gasteiger partial charge in [-0.25, -0.2) is 4.98 Å². The number of aryl methyl sites for hydroxylation is 2. The summed E-state index contributed by atoms with van der Waals surface area (Å²) >= 11 is 1.07. The number of nitrogens with one attached hydrogen (secondary N) is 1. The summed E-state index contributed by atoms with van der Waals surface area (Å²) in [4.78, 5) is 27.6. The van der Waals surface area contributed by atoms with Crippen LogP contribution < -0.4 is 10.1 Å². The topological polar surface area (TPSA) is 81.4 Å². The van der Waals surface area contributed by atoms with Crippen molar-refractivity contribution in [3.8, 4) is 17.2 Å². The molecule has 1 aliphatic heterocycles. The van der Waals surface area contributed by atoms with Crippen LogP contribution in [0.1, 0.15) is 29.9 Å². The molecule has 0 saturated carbocycles. The highest BCUT2D eigenvalue weighted by molar-refractivity contribution is 8.15. The van der Waals surface area contributed by atoms with Gasteiger partial charge in [0.25, 0.3) is 5.24 Å². The summed E-state index contributed by atoms with van der Waals surface area (Å²) < 4.78 is 11.9. The Morgan fingerprint density at radius 2 is 1.87 bits per heavy atom. The SMILES string of the molecule is Cc1oc(-c2ccccc2)nc1COc1ccccc1CCCC1SC(=O)NC1=O. The van der Waals surface area contributed by atoms with Crippen LogP contribution in [0.4, 0.5) is 4.79 Å². The van der Waals surface area contributed by atoms with E-state index < -0.39 is 0 Å². The van der Waals surface area contributed by atoms with Crippen molar-refractivity contribution in [2.75, 3.05) is 0 Å². The Bertz CT molecular complexity index is 1050. The lowest BCUT2D eigenvalue weighted by atomic mass is 10.1. The van der Waals surface area contributed by atoms with E-state index in [1.54, 1.807) is 0 Å². The van der Waals surface area contributed by atoms with Gasteiger partial charge in [0.1, 0.15) is 23.8 Å². The lowest BCUT2D eigenvalue weighted by Crippen LogP contribution is -2.24. The number of rotatable bonds is 8. The number of carbonyl (C=O) groups is 2. The van der Waals surface area contributed by atoms with Crippen LogP contribution in [-0.4, -0.2) is 21.4 Å². The fraction of sp³-hybridized carbons (Fsp3) is 0.261. The molecule has 1 atom stereocenters. The molecule has 1 fully saturated rings. The third-order valence-corrected chi connectivity index (χ3v) is 5.98. The first-order chi connectivity index (χ1) is 14.6. The summed E-state index contributed by atoms with van der Waals surface area (Å²) in [6.45, 7) is 2.20. The average molecular weight is 423 g/mol. The number of aromatic nitrogens is 1. The molecule has 0 radical (unpaired) electrons. The number of imide groups is 1. The summed E-state index contributed by atoms with van der Waals surface area (Å²) in [5.74, 6) is 1.92. The minimum atomic E-state index is -0.292. The summed E-state index contributed by atoms with van der Waals surface area (Å²) in [5, 5.41) is 1.78. The largest absolute Gasteiger partial charge is 0.487 e. The maximum Gasteiger partial charge on any atom is 0.286 e. The molecule has 154 valence electrons. The van der Waals surface area contributed by atoms with Crippen molar-refractivity contribution in [2.24, 2.45) is 0 Å². The third-order valence-electron chi connectivity index (χ3n) is 4.93. The van der Waals surface area contributed by atoms with Crippen molar-refractivity contribution >= 4 is 22.9 Å². The highest BCUT2D eigenvalue weighted by Crippen LogP contribution is 2.27. The average Bonchev–Trinajstić information content (AvgIpc) is 3.29. The highest BCUT2D eigenvalue weighted by Gasteiger charge is 2.30. The molecule has 7 heteroatoms. The van der Waals surface area contributed by atoms with Crippen LogP contribution in [0.15, 0.2) is 59.0 Å². The van der Waals surface area contributed by atoms with Crippen LogP contribution in [0.5, 0.6) is 5.75 Å². The van der Waals surface area contributed by atoms with E-state index in [1.165, 1.54) is 0 Å². The summed E-state index contributed by atoms with van der Waals surface area (Å²) in [5.41, 5.74) is 2.76. The van der Waals surface area contributed by atoms with Crippen molar-refractivity contribution in [3.63, 3.8) is 0 Å². The molecule has 1 unspecified atom stereocenters. The molecule has 2 aromatic carbocycles. The number of ether oxygens (including phenoxy) is 1. The van der Waals surface area contributed by atoms with Crippen molar-refractivity contribution in [1.29, 1.82) is 0 Å². The van der Waals surface area contributed by atoms with E-state index in [2.05, 4.69) is 10.3 Å². The Morgan fingerprint density at radius 3 is 2.63 bits per heavy atom. The standard InChI is InChI=1S/C23H22N2O4S/c1-15-18(24-22(29-15)17-9-3-2-4-10-17)14-28-19-12-6-5-8-16(19)11-7-13-20-21(26)25-23(27)30-20/h2-6,8-10,12,20H,7,11,13-14H2,1H3,(H,25,26,27). The van der Waals surface area contributed by atoms with Gasteiger partial charge in [-0.15, -0.1) is 0 Å². The normalized spacial score (nSPS) is 16.0. The molecule has 30 heavy (non-hydrogen) atoms. The Kier molecular flexibility index (Phi) is 6.18. The molecule has 1 aliphatic rings. The molecule has 0 bridgehead atoms. The number of nitrogens with zero attached hydrogens (tertiary/aromatic N) is 1. The summed E-state index contributed by atoms with van der Waals surface area (Å²) in [6, 6.07) is 17.6. The van der Waals surface area contributed by atoms with E-state index in [0.29, 0.717) is 18.9 Å². The van der Waals surface area contributed by atoms with Crippen LogP contribution in [0, 0.1) is 6.92 Å². The number of hydrogen-bond donors (Lipinski definition) is 1. The second kappa shape index (κ2) is 9.17. The molecule has 6 nitrogen and oxygen atoms in total. The smallest absolute Gasteiger partial charge is 0.286 e. The first-order valence-corrected chi connectivity index (χ1v) is 10.7. The monoisotopic (exact) mass is 422 g/mol. The van der Waals surface area contributed by atoms with Crippen molar-refractivity contribution in [1.82, 2.24) is 10.3 Å². The number of para-hydroxylation sites is 1. The molecular weight excluding hydrogens is 400 g/mol. The van der Waals surface area contributed by atoms with Gasteiger partial charge in [0.15, 0.2) is 0 Å². The van der Waals surface area contributed by atoms with Crippen LogP contribution >= 0.6 is 11.8 Å². The summed E-state index contributed by atoms with van der Waals surface area (Å²) in [7, 11) is 0. The first-order valence-electron chi connectivity index (χ1n) is 9.84. The minimum absolute atomic E-state index is 0.190. The van der Waals surface area contributed by atoms with Crippen molar-refractivity contribution in [2.45, 2.75) is 38.0 Å². The molecule has 2 heterocycles. The van der Waals surface area contributed by atoms with Gasteiger partial charge in [-0.3, -0.25) is 14.9 Å². The zero-order chi connectivity index (χ0) is 20.9. The number of thioether (sulfide) groups is 1. The molecule has 4 rings (SSSR count). The van der Waals surface area contributed by atoms with Crippen LogP contribution in [0.25, 0.3) is 11.5 Å². The van der Waals surface area contributed by atoms with Gasteiger partial charge < -0.3 is 9.15 Å². The fourth-order valence-corrected chi connectivity index (χ4v) is 4.19. The van der Waals surface area contributed by atoms with Crippen LogP contribution in [0.3, 0.4) is 0 Å². The quantitative estimate of drug-likeness (QED) is 0.556. The van der Waals surface area contributed by atoms with E-state index in [-0.39, 0.29) is 16.4 Å². The number of amides is 2. The zero-order valence-electron chi connectivity index (χ0n) is 16.6. The van der Waals surface area contributed by atoms with Gasteiger partial charge >= 0.3 is 0 Å². The Labute approximate surface area is 179 Å². The molecule has 3 aromatic rings. The Balaban J connectivity index is 1.37. The second-order valence-corrected chi connectivity index (χ2v) is 8.24. The van der Waals surface area contributed by atoms with E-state index in [9.17, 15) is 9.59 Å². The van der Waals surface area contributed by atoms with E-state index in [4.69, 9.17) is 9.15 Å². The molecule has 0 aliphatic carbocycles. The molecule has 1 N–H and O–H groups in total. The highest BCUT2D eigenvalue weighted by atomic mass is 32.2. The first kappa shape index (κ1) is 20.2. The predicted octanol–water partition coefficient (Wildman–Crippen LogP) is 4.90. The molecule has 1 aromatic heterocycles. The summed E-state index contributed by atoms with van der Waals surface area (Å²) in [6.07, 6.45) is 2.21. The van der Waals surface area contributed by atoms with Gasteiger partial charge in [-0.2, -0.15) is 0 Å². The van der Waals surface area contributed by atoms with Crippen LogP contribution in [0.2, 0.25) is 0 Å². The van der Waals surface area contributed by atoms with Crippen molar-refractivity contribution in [3.05, 3.63) is 71.6 Å². The van der Waals surface area contributed by atoms with Gasteiger partial charge in [0.05, 0.1) is 5.25 Å². The number of carbonyl (C=O) groups excluding carboxylic acids is 2. The minimum Gasteiger partial charge on any atom is -0.487 e. The Hall–Kier alpha value is -3.06. The van der Waals surface area contributed by atoms with E-state index in [0.717, 1.165) is 52.9 Å². The maximum atomic E-state index is 11.7. The lowest BCUT2D eigenvalue weighted by Gasteiger charge is -2.11. The van der Waals surface area contributed by atoms with Crippen molar-refractivity contribution < 1.29 is 18.7 Å². The molecular formula is C23H22N2O4S. The van der Waals surface area contributed by atoms with Gasteiger partial charge in [-0.05, 0) is 49.9 Å². The number of hydrogen-bond acceptors (Lipinski definition) is 6. The molecule has 0 spiro atoms.